The van der Waals surface area contributed by atoms with Crippen LogP contribution >= 0.6 is 0 Å². The number of ketones is 1. The Hall–Kier alpha value is -2.12. The molecule has 1 amide bonds. The van der Waals surface area contributed by atoms with Gasteiger partial charge in [-0.25, -0.2) is 4.79 Å². The number of hydrogen-bond donors (Lipinski definition) is 2. The lowest BCUT2D eigenvalue weighted by atomic mass is 10.0. The van der Waals surface area contributed by atoms with E-state index in [4.69, 9.17) is 11.4 Å². The molecule has 24 heavy (non-hydrogen) atoms. The zero-order chi connectivity index (χ0) is 18.2. The van der Waals surface area contributed by atoms with E-state index >= 15 is 0 Å². The molecular weight excluding hydrogens is 314 g/mol. The van der Waals surface area contributed by atoms with Gasteiger partial charge in [-0.05, 0) is 24.8 Å². The Morgan fingerprint density at radius 3 is 2.50 bits per heavy atom. The summed E-state index contributed by atoms with van der Waals surface area (Å²) < 4.78 is 0. The number of carbonyl (C=O) groups is 3. The predicted octanol–water partition coefficient (Wildman–Crippen LogP) is 2.30. The van der Waals surface area contributed by atoms with E-state index in [1.807, 2.05) is 0 Å². The Bertz CT molecular complexity index is 449. The third-order valence-electron chi connectivity index (χ3n) is 3.45. The molecule has 0 saturated carbocycles. The third-order valence-corrected chi connectivity index (χ3v) is 3.45. The summed E-state index contributed by atoms with van der Waals surface area (Å²) in [5.41, 5.74) is 8.14. The Morgan fingerprint density at radius 1 is 1.17 bits per heavy atom. The first-order valence-electron chi connectivity index (χ1n) is 8.27. The molecule has 0 bridgehead atoms. The van der Waals surface area contributed by atoms with Gasteiger partial charge in [-0.3, -0.25) is 9.59 Å². The number of nitrogens with zero attached hydrogens (tertiary/aromatic N) is 3. The van der Waals surface area contributed by atoms with Crippen LogP contribution in [0.25, 0.3) is 10.4 Å². The smallest absolute Gasteiger partial charge is 0.347 e. The maximum Gasteiger partial charge on any atom is 0.347 e. The molecule has 0 aromatic heterocycles. The third kappa shape index (κ3) is 11.4. The molecule has 1 atom stereocenters. The first-order valence-corrected chi connectivity index (χ1v) is 8.27. The lowest BCUT2D eigenvalue weighted by Crippen LogP contribution is -2.44. The number of carbonyl (C=O) groups excluding carboxylic acids is 3. The molecule has 0 heterocycles. The van der Waals surface area contributed by atoms with Crippen LogP contribution in [0.3, 0.4) is 0 Å². The molecule has 0 fully saturated rings. The number of nitrogens with two attached hydrogens (primary N) is 1. The van der Waals surface area contributed by atoms with Crippen LogP contribution in [0.1, 0.15) is 64.7 Å². The molecule has 0 aromatic carbocycles. The molecular formula is C15H27N5O4. The Labute approximate surface area is 141 Å². The topological polar surface area (TPSA) is 147 Å². The first kappa shape index (κ1) is 21.9. The van der Waals surface area contributed by atoms with E-state index in [1.165, 1.54) is 0 Å². The highest BCUT2D eigenvalue weighted by molar-refractivity contribution is 5.90. The number of azide groups is 1. The van der Waals surface area contributed by atoms with E-state index in [2.05, 4.69) is 27.1 Å². The molecule has 0 aliphatic carbocycles. The number of hydrogen-bond acceptors (Lipinski definition) is 6. The Morgan fingerprint density at radius 2 is 1.88 bits per heavy atom. The summed E-state index contributed by atoms with van der Waals surface area (Å²) in [6.45, 7) is 2.39. The van der Waals surface area contributed by atoms with Crippen LogP contribution in [0.4, 0.5) is 0 Å². The lowest BCUT2D eigenvalue weighted by molar-refractivity contribution is -0.149. The van der Waals surface area contributed by atoms with Crippen LogP contribution in [0, 0.1) is 0 Å². The van der Waals surface area contributed by atoms with E-state index in [9.17, 15) is 14.4 Å². The van der Waals surface area contributed by atoms with Crippen molar-refractivity contribution < 1.29 is 19.2 Å². The minimum absolute atomic E-state index is 0.106. The molecule has 0 aromatic rings. The fourth-order valence-corrected chi connectivity index (χ4v) is 2.13. The summed E-state index contributed by atoms with van der Waals surface area (Å²) in [5.74, 6) is 3.55. The normalized spacial score (nSPS) is 11.2. The van der Waals surface area contributed by atoms with Crippen LogP contribution in [0.15, 0.2) is 5.11 Å². The van der Waals surface area contributed by atoms with Crippen LogP contribution in [0.5, 0.6) is 0 Å². The molecule has 0 aliphatic rings. The molecule has 136 valence electrons. The van der Waals surface area contributed by atoms with Gasteiger partial charge in [0.1, 0.15) is 11.8 Å². The number of amides is 1. The number of Topliss-reactive ketones (excluding diaryl/α,β-unsaturated/α-hetero) is 1. The summed E-state index contributed by atoms with van der Waals surface area (Å²) in [7, 11) is 0. The van der Waals surface area contributed by atoms with E-state index in [1.54, 1.807) is 0 Å². The van der Waals surface area contributed by atoms with Gasteiger partial charge in [0.2, 0.25) is 5.91 Å². The van der Waals surface area contributed by atoms with Crippen molar-refractivity contribution in [3.8, 4) is 0 Å². The maximum absolute atomic E-state index is 11.9. The van der Waals surface area contributed by atoms with Crippen molar-refractivity contribution in [2.24, 2.45) is 11.0 Å². The highest BCUT2D eigenvalue weighted by Gasteiger charge is 2.24. The lowest BCUT2D eigenvalue weighted by Gasteiger charge is -2.15. The van der Waals surface area contributed by atoms with Gasteiger partial charge in [-0.2, -0.15) is 5.90 Å². The van der Waals surface area contributed by atoms with Crippen molar-refractivity contribution >= 4 is 17.7 Å². The molecule has 9 heteroatoms. The van der Waals surface area contributed by atoms with Gasteiger partial charge in [0.15, 0.2) is 0 Å². The predicted molar refractivity (Wildman–Crippen MR) is 88.5 cm³/mol. The second-order valence-electron chi connectivity index (χ2n) is 5.52. The molecule has 0 unspecified atom stereocenters. The average molecular weight is 341 g/mol. The van der Waals surface area contributed by atoms with Gasteiger partial charge in [-0.1, -0.05) is 31.3 Å². The first-order chi connectivity index (χ1) is 11.5. The summed E-state index contributed by atoms with van der Waals surface area (Å²) in [6, 6.07) is -1.06. The van der Waals surface area contributed by atoms with E-state index in [0.29, 0.717) is 25.8 Å². The zero-order valence-electron chi connectivity index (χ0n) is 14.2. The summed E-state index contributed by atoms with van der Waals surface area (Å²) in [4.78, 5) is 42.1. The maximum atomic E-state index is 11.9. The fourth-order valence-electron chi connectivity index (χ4n) is 2.13. The Balaban J connectivity index is 4.25. The fraction of sp³-hybridized carbons (Fsp3) is 0.800. The van der Waals surface area contributed by atoms with Gasteiger partial charge in [-0.15, -0.1) is 0 Å². The average Bonchev–Trinajstić information content (AvgIpc) is 2.57. The summed E-state index contributed by atoms with van der Waals surface area (Å²) >= 11 is 0. The summed E-state index contributed by atoms with van der Waals surface area (Å²) in [6.07, 6.45) is 5.37. The molecule has 0 rings (SSSR count). The van der Waals surface area contributed by atoms with Gasteiger partial charge in [0, 0.05) is 30.7 Å². The molecule has 3 N–H and O–H groups in total. The Kier molecular flexibility index (Phi) is 13.2. The molecule has 0 aliphatic heterocycles. The minimum atomic E-state index is -1.06. The van der Waals surface area contributed by atoms with Crippen molar-refractivity contribution in [3.63, 3.8) is 0 Å². The van der Waals surface area contributed by atoms with Gasteiger partial charge < -0.3 is 10.2 Å². The highest BCUT2D eigenvalue weighted by Crippen LogP contribution is 2.07. The van der Waals surface area contributed by atoms with Crippen LogP contribution in [-0.4, -0.2) is 30.2 Å². The van der Waals surface area contributed by atoms with Crippen LogP contribution in [-0.2, 0) is 19.2 Å². The molecule has 9 nitrogen and oxygen atoms in total. The van der Waals surface area contributed by atoms with Crippen molar-refractivity contribution in [2.45, 2.75) is 70.8 Å². The van der Waals surface area contributed by atoms with Crippen LogP contribution < -0.4 is 11.2 Å². The van der Waals surface area contributed by atoms with Gasteiger partial charge in [0.05, 0.1) is 0 Å². The largest absolute Gasteiger partial charge is 0.372 e. The molecule has 0 saturated heterocycles. The van der Waals surface area contributed by atoms with E-state index < -0.39 is 12.0 Å². The monoisotopic (exact) mass is 341 g/mol. The second kappa shape index (κ2) is 14.5. The van der Waals surface area contributed by atoms with Crippen molar-refractivity contribution in [1.29, 1.82) is 0 Å². The number of rotatable bonds is 14. The second-order valence-corrected chi connectivity index (χ2v) is 5.52. The van der Waals surface area contributed by atoms with Crippen molar-refractivity contribution in [1.82, 2.24) is 5.32 Å². The van der Waals surface area contributed by atoms with Crippen molar-refractivity contribution in [3.05, 3.63) is 10.4 Å². The molecule has 0 spiro atoms. The van der Waals surface area contributed by atoms with Gasteiger partial charge in [0.25, 0.3) is 0 Å². The summed E-state index contributed by atoms with van der Waals surface area (Å²) in [5, 5.41) is 5.84. The molecule has 0 radical (unpaired) electrons. The van der Waals surface area contributed by atoms with E-state index in [-0.39, 0.29) is 24.5 Å². The number of nitrogens with one attached hydrogen (secondary N) is 1. The van der Waals surface area contributed by atoms with Crippen molar-refractivity contribution in [2.75, 3.05) is 6.54 Å². The quantitative estimate of drug-likeness (QED) is 0.163. The zero-order valence-corrected chi connectivity index (χ0v) is 14.2. The number of unbranched alkanes of at least 4 members (excludes halogenated alkanes) is 4. The standard InChI is InChI=1S/C15H27N5O4/c1-2-3-4-5-8-12(21)11-13(15(23)24-17)19-14(22)9-6-7-10-18-20-16/h13H,2-11,17H2,1H3,(H,19,22)/t13-/m0/s1. The SMILES string of the molecule is CCCCCCC(=O)C[C@H](NC(=O)CCCCN=[N+]=[N-])C(=O)ON. The highest BCUT2D eigenvalue weighted by atomic mass is 16.7. The minimum Gasteiger partial charge on any atom is -0.372 e. The van der Waals surface area contributed by atoms with E-state index in [0.717, 1.165) is 25.7 Å². The van der Waals surface area contributed by atoms with Crippen LogP contribution in [0.2, 0.25) is 0 Å². The van der Waals surface area contributed by atoms with Gasteiger partial charge >= 0.3 is 5.97 Å².